The van der Waals surface area contributed by atoms with Gasteiger partial charge in [-0.3, -0.25) is 4.79 Å². The summed E-state index contributed by atoms with van der Waals surface area (Å²) in [7, 11) is 1.61. The van der Waals surface area contributed by atoms with E-state index in [2.05, 4.69) is 0 Å². The molecule has 1 N–H and O–H groups in total. The number of methoxy groups -OCH3 is 1. The van der Waals surface area contributed by atoms with E-state index in [9.17, 15) is 9.90 Å². The molecule has 1 aliphatic rings. The number of aromatic nitrogens is 1. The molecule has 1 atom stereocenters. The topological polar surface area (TPSA) is 60.7 Å². The molecule has 0 radical (unpaired) electrons. The van der Waals surface area contributed by atoms with Crippen LogP contribution in [0.25, 0.3) is 0 Å². The van der Waals surface area contributed by atoms with Crippen LogP contribution in [-0.4, -0.2) is 23.4 Å². The number of pyridine rings is 1. The fourth-order valence-corrected chi connectivity index (χ4v) is 2.96. The first-order valence-electron chi connectivity index (χ1n) is 8.65. The molecule has 1 aromatic heterocycles. The van der Waals surface area contributed by atoms with Crippen LogP contribution in [0.5, 0.6) is 11.5 Å². The van der Waals surface area contributed by atoms with Crippen LogP contribution in [0.4, 0.5) is 0 Å². The zero-order valence-corrected chi connectivity index (χ0v) is 15.0. The molecule has 1 saturated carbocycles. The van der Waals surface area contributed by atoms with Gasteiger partial charge in [0.25, 0.3) is 0 Å². The third-order valence-electron chi connectivity index (χ3n) is 4.65. The van der Waals surface area contributed by atoms with Crippen molar-refractivity contribution in [3.05, 3.63) is 57.5 Å². The number of ether oxygens (including phenoxy) is 2. The molecule has 5 nitrogen and oxygen atoms in total. The Hall–Kier alpha value is -2.27. The van der Waals surface area contributed by atoms with Crippen molar-refractivity contribution in [3.8, 4) is 11.5 Å². The smallest absolute Gasteiger partial charge is 0.182 e. The molecule has 0 spiro atoms. The summed E-state index contributed by atoms with van der Waals surface area (Å²) < 4.78 is 13.2. The minimum atomic E-state index is -0.700. The van der Waals surface area contributed by atoms with Crippen LogP contribution in [0.2, 0.25) is 0 Å². The Morgan fingerprint density at radius 3 is 2.44 bits per heavy atom. The summed E-state index contributed by atoms with van der Waals surface area (Å²) >= 11 is 0. The molecule has 134 valence electrons. The summed E-state index contributed by atoms with van der Waals surface area (Å²) in [4.78, 5) is 11.6. The van der Waals surface area contributed by atoms with Crippen LogP contribution in [0.15, 0.2) is 35.1 Å². The van der Waals surface area contributed by atoms with E-state index in [1.165, 1.54) is 12.8 Å². The Bertz CT molecular complexity index is 782. The van der Waals surface area contributed by atoms with Crippen molar-refractivity contribution in [1.82, 2.24) is 4.57 Å². The van der Waals surface area contributed by atoms with Gasteiger partial charge in [-0.25, -0.2) is 0 Å². The van der Waals surface area contributed by atoms with Crippen molar-refractivity contribution in [2.24, 2.45) is 5.92 Å². The quantitative estimate of drug-likeness (QED) is 0.839. The number of benzene rings is 1. The number of nitrogens with zero attached hydrogens (tertiary/aromatic N) is 1. The van der Waals surface area contributed by atoms with E-state index in [0.717, 1.165) is 17.0 Å². The molecule has 1 fully saturated rings. The molecule has 1 heterocycles. The second-order valence-electron chi connectivity index (χ2n) is 6.76. The fourth-order valence-electron chi connectivity index (χ4n) is 2.96. The monoisotopic (exact) mass is 343 g/mol. The summed E-state index contributed by atoms with van der Waals surface area (Å²) in [6, 6.07) is 8.68. The number of aliphatic hydroxyl groups is 1. The molecule has 1 aliphatic carbocycles. The lowest BCUT2D eigenvalue weighted by Crippen LogP contribution is -2.17. The van der Waals surface area contributed by atoms with Gasteiger partial charge in [-0.15, -0.1) is 0 Å². The van der Waals surface area contributed by atoms with Gasteiger partial charge >= 0.3 is 0 Å². The molecule has 3 rings (SSSR count). The standard InChI is InChI=1S/C20H25NO4/c1-13-8-17(22)9-14(2)21(13)11-18(23)16-6-7-19(24-3)20(10-16)25-12-15-4-5-15/h6-10,15,18,23H,4-5,11-12H2,1-3H3. The number of rotatable bonds is 7. The molecule has 0 amide bonds. The summed E-state index contributed by atoms with van der Waals surface area (Å²) in [5.41, 5.74) is 2.43. The second-order valence-corrected chi connectivity index (χ2v) is 6.76. The summed E-state index contributed by atoms with van der Waals surface area (Å²) in [5, 5.41) is 10.7. The molecule has 25 heavy (non-hydrogen) atoms. The van der Waals surface area contributed by atoms with Crippen molar-refractivity contribution in [1.29, 1.82) is 0 Å². The normalized spacial score (nSPS) is 15.0. The van der Waals surface area contributed by atoms with Gasteiger partial charge in [0.05, 0.1) is 26.4 Å². The zero-order valence-electron chi connectivity index (χ0n) is 15.0. The number of aryl methyl sites for hydroxylation is 2. The molecule has 1 unspecified atom stereocenters. The highest BCUT2D eigenvalue weighted by molar-refractivity contribution is 5.43. The van der Waals surface area contributed by atoms with E-state index in [1.807, 2.05) is 36.6 Å². The molecule has 2 aromatic rings. The van der Waals surface area contributed by atoms with E-state index in [0.29, 0.717) is 30.6 Å². The predicted molar refractivity (Wildman–Crippen MR) is 96.3 cm³/mol. The van der Waals surface area contributed by atoms with Crippen LogP contribution in [0, 0.1) is 19.8 Å². The van der Waals surface area contributed by atoms with Crippen molar-refractivity contribution in [2.45, 2.75) is 39.3 Å². The lowest BCUT2D eigenvalue weighted by molar-refractivity contribution is 0.154. The molecule has 0 aliphatic heterocycles. The third kappa shape index (κ3) is 4.23. The van der Waals surface area contributed by atoms with Crippen LogP contribution < -0.4 is 14.9 Å². The van der Waals surface area contributed by atoms with Crippen LogP contribution in [0.1, 0.15) is 35.9 Å². The Balaban J connectivity index is 1.80. The SMILES string of the molecule is COc1ccc(C(O)Cn2c(C)cc(=O)cc2C)cc1OCC1CC1. The predicted octanol–water partition coefficient (Wildman–Crippen LogP) is 3.00. The fraction of sp³-hybridized carbons (Fsp3) is 0.450. The van der Waals surface area contributed by atoms with Gasteiger partial charge in [0.15, 0.2) is 16.9 Å². The minimum Gasteiger partial charge on any atom is -0.493 e. The first-order valence-corrected chi connectivity index (χ1v) is 8.65. The van der Waals surface area contributed by atoms with E-state index in [4.69, 9.17) is 9.47 Å². The maximum Gasteiger partial charge on any atom is 0.182 e. The lowest BCUT2D eigenvalue weighted by atomic mass is 10.1. The molecule has 5 heteroatoms. The van der Waals surface area contributed by atoms with E-state index < -0.39 is 6.10 Å². The maximum absolute atomic E-state index is 11.6. The Kier molecular flexibility index (Phi) is 5.13. The zero-order chi connectivity index (χ0) is 18.0. The maximum atomic E-state index is 11.6. The van der Waals surface area contributed by atoms with Gasteiger partial charge in [0.2, 0.25) is 0 Å². The van der Waals surface area contributed by atoms with E-state index in [1.54, 1.807) is 19.2 Å². The van der Waals surface area contributed by atoms with Crippen LogP contribution >= 0.6 is 0 Å². The van der Waals surface area contributed by atoms with Crippen molar-refractivity contribution in [2.75, 3.05) is 13.7 Å². The van der Waals surface area contributed by atoms with Crippen LogP contribution in [0.3, 0.4) is 0 Å². The Morgan fingerprint density at radius 1 is 1.16 bits per heavy atom. The van der Waals surface area contributed by atoms with Gasteiger partial charge in [0.1, 0.15) is 0 Å². The number of aliphatic hydroxyl groups excluding tert-OH is 1. The molecule has 0 saturated heterocycles. The van der Waals surface area contributed by atoms with Gasteiger partial charge in [0, 0.05) is 23.5 Å². The largest absolute Gasteiger partial charge is 0.493 e. The highest BCUT2D eigenvalue weighted by Crippen LogP contribution is 2.34. The third-order valence-corrected chi connectivity index (χ3v) is 4.65. The van der Waals surface area contributed by atoms with Gasteiger partial charge in [-0.2, -0.15) is 0 Å². The van der Waals surface area contributed by atoms with E-state index >= 15 is 0 Å². The second kappa shape index (κ2) is 7.31. The number of hydrogen-bond donors (Lipinski definition) is 1. The average molecular weight is 343 g/mol. The molecule has 1 aromatic carbocycles. The minimum absolute atomic E-state index is 0.0130. The molecule has 0 bridgehead atoms. The van der Waals surface area contributed by atoms with Crippen molar-refractivity contribution >= 4 is 0 Å². The van der Waals surface area contributed by atoms with Gasteiger partial charge in [-0.1, -0.05) is 6.07 Å². The van der Waals surface area contributed by atoms with Gasteiger partial charge < -0.3 is 19.1 Å². The van der Waals surface area contributed by atoms with Gasteiger partial charge in [-0.05, 0) is 50.3 Å². The van der Waals surface area contributed by atoms with Crippen LogP contribution in [-0.2, 0) is 6.54 Å². The highest BCUT2D eigenvalue weighted by Gasteiger charge is 2.23. The molecular formula is C20H25NO4. The average Bonchev–Trinajstić information content (AvgIpc) is 3.40. The lowest BCUT2D eigenvalue weighted by Gasteiger charge is -2.20. The van der Waals surface area contributed by atoms with Crippen molar-refractivity contribution < 1.29 is 14.6 Å². The number of hydrogen-bond acceptors (Lipinski definition) is 4. The van der Waals surface area contributed by atoms with Crippen molar-refractivity contribution in [3.63, 3.8) is 0 Å². The summed E-state index contributed by atoms with van der Waals surface area (Å²) in [6.07, 6.45) is 1.74. The highest BCUT2D eigenvalue weighted by atomic mass is 16.5. The Morgan fingerprint density at radius 2 is 1.84 bits per heavy atom. The first-order chi connectivity index (χ1) is 12.0. The Labute approximate surface area is 147 Å². The van der Waals surface area contributed by atoms with E-state index in [-0.39, 0.29) is 5.43 Å². The summed E-state index contributed by atoms with van der Waals surface area (Å²) in [5.74, 6) is 1.98. The summed E-state index contributed by atoms with van der Waals surface area (Å²) in [6.45, 7) is 4.82. The first kappa shape index (κ1) is 17.5. The molecular weight excluding hydrogens is 318 g/mol.